The first kappa shape index (κ1) is 35.1. The van der Waals surface area contributed by atoms with E-state index in [1.165, 1.54) is 81.0 Å². The van der Waals surface area contributed by atoms with E-state index in [1.54, 1.807) is 0 Å². The third-order valence-electron chi connectivity index (χ3n) is 13.1. The SMILES string of the molecule is c1ccc(-c2ccc(N(c3cccc(-c4ccc5c(c4)C4(c6ccccc6Oc6ccccc64)c4ccccc4-5)c3)c3cccc4c3ccc3c5ccccc5sc43)cc2)cc1. The highest BCUT2D eigenvalue weighted by atomic mass is 32.1. The summed E-state index contributed by atoms with van der Waals surface area (Å²) in [5.74, 6) is 1.80. The molecule has 1 spiro atoms. The van der Waals surface area contributed by atoms with E-state index in [9.17, 15) is 0 Å². The van der Waals surface area contributed by atoms with Crippen LogP contribution in [0, 0.1) is 0 Å². The molecule has 1 aliphatic carbocycles. The minimum atomic E-state index is -0.529. The van der Waals surface area contributed by atoms with E-state index in [4.69, 9.17) is 4.74 Å². The second-order valence-electron chi connectivity index (χ2n) is 16.4. The van der Waals surface area contributed by atoms with Crippen molar-refractivity contribution in [2.24, 2.45) is 0 Å². The van der Waals surface area contributed by atoms with Crippen molar-refractivity contribution in [3.63, 3.8) is 0 Å². The molecule has 13 rings (SSSR count). The van der Waals surface area contributed by atoms with Crippen LogP contribution in [-0.4, -0.2) is 0 Å². The minimum absolute atomic E-state index is 0.529. The Morgan fingerprint density at radius 3 is 1.76 bits per heavy atom. The van der Waals surface area contributed by atoms with Gasteiger partial charge in [0.1, 0.15) is 11.5 Å². The Labute approximate surface area is 364 Å². The molecule has 2 heterocycles. The zero-order valence-electron chi connectivity index (χ0n) is 33.6. The molecule has 1 aliphatic heterocycles. The van der Waals surface area contributed by atoms with Crippen LogP contribution in [0.3, 0.4) is 0 Å². The number of anilines is 3. The van der Waals surface area contributed by atoms with Crippen molar-refractivity contribution < 1.29 is 4.74 Å². The van der Waals surface area contributed by atoms with Crippen molar-refractivity contribution in [1.82, 2.24) is 0 Å². The molecule has 2 nitrogen and oxygen atoms in total. The zero-order chi connectivity index (χ0) is 40.8. The molecular formula is C59H37NOS. The molecule has 3 heteroatoms. The van der Waals surface area contributed by atoms with E-state index in [0.717, 1.165) is 34.1 Å². The highest BCUT2D eigenvalue weighted by molar-refractivity contribution is 7.26. The fourth-order valence-electron chi connectivity index (χ4n) is 10.4. The third kappa shape index (κ3) is 5.09. The molecule has 10 aromatic carbocycles. The first-order chi connectivity index (χ1) is 30.7. The van der Waals surface area contributed by atoms with Gasteiger partial charge >= 0.3 is 0 Å². The lowest BCUT2D eigenvalue weighted by molar-refractivity contribution is 0.436. The molecule has 0 N–H and O–H groups in total. The number of benzene rings is 10. The lowest BCUT2D eigenvalue weighted by atomic mass is 9.66. The molecule has 62 heavy (non-hydrogen) atoms. The molecule has 0 atom stereocenters. The summed E-state index contributed by atoms with van der Waals surface area (Å²) in [6, 6.07) is 82.1. The summed E-state index contributed by atoms with van der Waals surface area (Å²) >= 11 is 1.88. The predicted octanol–water partition coefficient (Wildman–Crippen LogP) is 16.5. The highest BCUT2D eigenvalue weighted by Gasteiger charge is 2.51. The van der Waals surface area contributed by atoms with Crippen molar-refractivity contribution in [3.8, 4) is 44.9 Å². The van der Waals surface area contributed by atoms with Gasteiger partial charge in [0.15, 0.2) is 0 Å². The van der Waals surface area contributed by atoms with Crippen LogP contribution in [-0.2, 0) is 5.41 Å². The van der Waals surface area contributed by atoms with E-state index in [0.29, 0.717) is 0 Å². The van der Waals surface area contributed by atoms with Gasteiger partial charge in [0, 0.05) is 53.4 Å². The van der Waals surface area contributed by atoms with Crippen LogP contribution in [0.2, 0.25) is 0 Å². The molecule has 11 aromatic rings. The van der Waals surface area contributed by atoms with Crippen LogP contribution >= 0.6 is 11.3 Å². The van der Waals surface area contributed by atoms with E-state index in [-0.39, 0.29) is 0 Å². The third-order valence-corrected chi connectivity index (χ3v) is 14.4. The summed E-state index contributed by atoms with van der Waals surface area (Å²) in [4.78, 5) is 2.44. The van der Waals surface area contributed by atoms with Crippen LogP contribution in [0.4, 0.5) is 17.1 Å². The van der Waals surface area contributed by atoms with Gasteiger partial charge in [0.25, 0.3) is 0 Å². The maximum absolute atomic E-state index is 6.63. The summed E-state index contributed by atoms with van der Waals surface area (Å²) in [5, 5.41) is 5.11. The van der Waals surface area contributed by atoms with Crippen molar-refractivity contribution >= 4 is 59.3 Å². The maximum Gasteiger partial charge on any atom is 0.132 e. The van der Waals surface area contributed by atoms with Crippen LogP contribution in [0.15, 0.2) is 224 Å². The number of hydrogen-bond donors (Lipinski definition) is 0. The Kier molecular flexibility index (Phi) is 7.72. The van der Waals surface area contributed by atoms with E-state index in [2.05, 4.69) is 229 Å². The zero-order valence-corrected chi connectivity index (χ0v) is 34.4. The average molecular weight is 808 g/mol. The molecule has 0 fully saturated rings. The fraction of sp³-hybridized carbons (Fsp3) is 0.0169. The number of fused-ring (bicyclic) bond motifs is 14. The Hall–Kier alpha value is -7.72. The molecule has 1 aromatic heterocycles. The quantitative estimate of drug-likeness (QED) is 0.172. The molecule has 0 unspecified atom stereocenters. The summed E-state index contributed by atoms with van der Waals surface area (Å²) in [6.45, 7) is 0. The van der Waals surface area contributed by atoms with Crippen molar-refractivity contribution in [2.75, 3.05) is 4.90 Å². The predicted molar refractivity (Wildman–Crippen MR) is 260 cm³/mol. The second kappa shape index (κ2) is 13.7. The maximum atomic E-state index is 6.63. The minimum Gasteiger partial charge on any atom is -0.457 e. The number of rotatable bonds is 5. The summed E-state index contributed by atoms with van der Waals surface area (Å²) in [6.07, 6.45) is 0. The molecule has 2 aliphatic rings. The topological polar surface area (TPSA) is 12.5 Å². The molecule has 0 bridgehead atoms. The monoisotopic (exact) mass is 807 g/mol. The lowest BCUT2D eigenvalue weighted by Gasteiger charge is -2.39. The van der Waals surface area contributed by atoms with Crippen molar-refractivity contribution in [1.29, 1.82) is 0 Å². The first-order valence-corrected chi connectivity index (χ1v) is 22.1. The van der Waals surface area contributed by atoms with E-state index in [1.807, 2.05) is 11.3 Å². The van der Waals surface area contributed by atoms with Gasteiger partial charge in [-0.3, -0.25) is 0 Å². The Bertz CT molecular complexity index is 3520. The molecule has 0 amide bonds. The Morgan fingerprint density at radius 1 is 0.355 bits per heavy atom. The van der Waals surface area contributed by atoms with Gasteiger partial charge < -0.3 is 9.64 Å². The number of ether oxygens (including phenoxy) is 1. The van der Waals surface area contributed by atoms with Gasteiger partial charge in [-0.25, -0.2) is 0 Å². The number of nitrogens with zero attached hydrogens (tertiary/aromatic N) is 1. The van der Waals surface area contributed by atoms with E-state index < -0.39 is 5.41 Å². The van der Waals surface area contributed by atoms with Crippen LogP contribution in [0.25, 0.3) is 64.3 Å². The first-order valence-electron chi connectivity index (χ1n) is 21.2. The highest BCUT2D eigenvalue weighted by Crippen LogP contribution is 2.62. The van der Waals surface area contributed by atoms with Crippen molar-refractivity contribution in [3.05, 3.63) is 247 Å². The number of hydrogen-bond acceptors (Lipinski definition) is 3. The average Bonchev–Trinajstić information content (AvgIpc) is 3.87. The summed E-state index contributed by atoms with van der Waals surface area (Å²) in [7, 11) is 0. The molecule has 0 saturated carbocycles. The van der Waals surface area contributed by atoms with Gasteiger partial charge in [-0.15, -0.1) is 11.3 Å². The number of thiophene rings is 1. The van der Waals surface area contributed by atoms with Gasteiger partial charge in [0.05, 0.1) is 11.1 Å². The fourth-order valence-corrected chi connectivity index (χ4v) is 11.7. The standard InChI is InChI=1S/C59H37NOS/c1-2-14-38(15-3-1)39-28-31-42(32-29-39)60(54-24-13-20-48-46(54)34-35-49-47-19-5-11-27-57(47)62-58(48)49)43-17-12-16-40(36-43)41-30-33-45-44-18-4-6-21-50(44)59(53(45)37-41)51-22-7-9-25-55(51)61-56-26-10-8-23-52(56)59/h1-37H. The van der Waals surface area contributed by atoms with Crippen LogP contribution in [0.1, 0.15) is 22.3 Å². The Balaban J connectivity index is 1.01. The molecule has 0 radical (unpaired) electrons. The molecular weight excluding hydrogens is 771 g/mol. The Morgan fingerprint density at radius 2 is 0.935 bits per heavy atom. The lowest BCUT2D eigenvalue weighted by Crippen LogP contribution is -2.32. The largest absolute Gasteiger partial charge is 0.457 e. The van der Waals surface area contributed by atoms with Gasteiger partial charge in [-0.05, 0) is 99.1 Å². The van der Waals surface area contributed by atoms with Crippen LogP contribution < -0.4 is 9.64 Å². The van der Waals surface area contributed by atoms with Crippen LogP contribution in [0.5, 0.6) is 11.5 Å². The number of para-hydroxylation sites is 2. The van der Waals surface area contributed by atoms with Gasteiger partial charge in [-0.2, -0.15) is 0 Å². The molecule has 290 valence electrons. The summed E-state index contributed by atoms with van der Waals surface area (Å²) < 4.78 is 9.27. The van der Waals surface area contributed by atoms with Gasteiger partial charge in [-0.1, -0.05) is 170 Å². The second-order valence-corrected chi connectivity index (χ2v) is 17.4. The van der Waals surface area contributed by atoms with Crippen molar-refractivity contribution in [2.45, 2.75) is 5.41 Å². The normalized spacial score (nSPS) is 13.1. The van der Waals surface area contributed by atoms with E-state index >= 15 is 0 Å². The molecule has 0 saturated heterocycles. The summed E-state index contributed by atoms with van der Waals surface area (Å²) in [5.41, 5.74) is 15.0. The van der Waals surface area contributed by atoms with Gasteiger partial charge in [0.2, 0.25) is 0 Å². The smallest absolute Gasteiger partial charge is 0.132 e.